The maximum atomic E-state index is 5.39. The molecule has 3 aromatic carbocycles. The van der Waals surface area contributed by atoms with Crippen LogP contribution in [0.2, 0.25) is 0 Å². The van der Waals surface area contributed by atoms with E-state index < -0.39 is 0 Å². The Balaban J connectivity index is 0.000000963. The monoisotopic (exact) mass is 202 g/mol. The Kier molecular flexibility index (Phi) is 3.01. The molecule has 3 aromatic rings. The quantitative estimate of drug-likeness (QED) is 0.417. The van der Waals surface area contributed by atoms with Gasteiger partial charge in [0.1, 0.15) is 0 Å². The molecule has 0 heterocycles. The Morgan fingerprint density at radius 2 is 1.69 bits per heavy atom. The van der Waals surface area contributed by atoms with Crippen LogP contribution in [0.5, 0.6) is 5.75 Å². The first-order valence-corrected chi connectivity index (χ1v) is 5.01. The molecule has 74 valence electrons. The summed E-state index contributed by atoms with van der Waals surface area (Å²) in [5, 5.41) is 5.01. The van der Waals surface area contributed by atoms with E-state index >= 15 is 0 Å². The average molecular weight is 202 g/mol. The largest absolute Gasteiger partial charge is 1.00 e. The Morgan fingerprint density at radius 3 is 2.50 bits per heavy atom. The number of ether oxygens (including phenoxy) is 1. The van der Waals surface area contributed by atoms with Gasteiger partial charge in [-0.05, 0) is 6.07 Å². The van der Waals surface area contributed by atoms with E-state index in [1.54, 1.807) is 7.11 Å². The van der Waals surface area contributed by atoms with Gasteiger partial charge in [-0.3, -0.25) is 0 Å². The summed E-state index contributed by atoms with van der Waals surface area (Å²) in [5.41, 5.74) is 0. The third kappa shape index (κ3) is 1.53. The minimum Gasteiger partial charge on any atom is -0.505 e. The van der Waals surface area contributed by atoms with Gasteiger partial charge in [0, 0.05) is 0 Å². The molecule has 0 atom stereocenters. The van der Waals surface area contributed by atoms with Crippen LogP contribution in [0.1, 0.15) is 0 Å². The van der Waals surface area contributed by atoms with Gasteiger partial charge in [-0.1, -0.05) is 29.7 Å². The number of rotatable bonds is 1. The van der Waals surface area contributed by atoms with Crippen LogP contribution in [-0.4, -0.2) is 7.11 Å². The van der Waals surface area contributed by atoms with Crippen molar-refractivity contribution >= 4 is 21.5 Å². The van der Waals surface area contributed by atoms with Crippen molar-refractivity contribution in [1.29, 1.82) is 0 Å². The summed E-state index contributed by atoms with van der Waals surface area (Å²) >= 11 is 0. The summed E-state index contributed by atoms with van der Waals surface area (Å²) in [6.07, 6.45) is 0. The van der Waals surface area contributed by atoms with E-state index in [0.717, 1.165) is 5.75 Å². The molecule has 0 spiro atoms. The standard InChI is InChI=1S/C14H11O.Li/c1-15-13-8-4-6-11-9-10-5-2-3-7-12(10)14(11)13;/h2-9H,1H3;/q-1;+1. The van der Waals surface area contributed by atoms with Gasteiger partial charge < -0.3 is 4.74 Å². The van der Waals surface area contributed by atoms with Crippen molar-refractivity contribution in [1.82, 2.24) is 0 Å². The molecule has 0 radical (unpaired) electrons. The minimum absolute atomic E-state index is 0. The van der Waals surface area contributed by atoms with Crippen LogP contribution in [0.25, 0.3) is 21.5 Å². The van der Waals surface area contributed by atoms with Gasteiger partial charge in [0.15, 0.2) is 0 Å². The number of benzene rings is 2. The van der Waals surface area contributed by atoms with Crippen molar-refractivity contribution in [3.05, 3.63) is 48.5 Å². The molecule has 0 saturated carbocycles. The number of hydrogen-bond donors (Lipinski definition) is 0. The van der Waals surface area contributed by atoms with Crippen LogP contribution in [0.3, 0.4) is 0 Å². The molecule has 16 heavy (non-hydrogen) atoms. The van der Waals surface area contributed by atoms with E-state index in [4.69, 9.17) is 4.74 Å². The van der Waals surface area contributed by atoms with E-state index in [2.05, 4.69) is 36.4 Å². The molecule has 0 saturated heterocycles. The normalized spacial score (nSPS) is 10.3. The minimum atomic E-state index is 0. The van der Waals surface area contributed by atoms with Crippen molar-refractivity contribution in [2.45, 2.75) is 0 Å². The summed E-state index contributed by atoms with van der Waals surface area (Å²) in [7, 11) is 1.72. The zero-order chi connectivity index (χ0) is 10.3. The van der Waals surface area contributed by atoms with Crippen LogP contribution in [-0.2, 0) is 0 Å². The predicted molar refractivity (Wildman–Crippen MR) is 63.6 cm³/mol. The maximum absolute atomic E-state index is 5.39. The molecule has 0 unspecified atom stereocenters. The van der Waals surface area contributed by atoms with Crippen LogP contribution in [0, 0.1) is 0 Å². The topological polar surface area (TPSA) is 9.23 Å². The Bertz CT molecular complexity index is 625. The molecule has 1 nitrogen and oxygen atoms in total. The molecule has 3 rings (SSSR count). The van der Waals surface area contributed by atoms with Gasteiger partial charge in [0.05, 0.1) is 12.9 Å². The third-order valence-corrected chi connectivity index (χ3v) is 2.82. The molecule has 0 aliphatic heterocycles. The molecule has 2 heteroatoms. The predicted octanol–water partition coefficient (Wildman–Crippen LogP) is 0.724. The van der Waals surface area contributed by atoms with Crippen molar-refractivity contribution in [2.24, 2.45) is 0 Å². The van der Waals surface area contributed by atoms with Crippen LogP contribution in [0.15, 0.2) is 48.5 Å². The molecule has 0 fully saturated rings. The van der Waals surface area contributed by atoms with Crippen LogP contribution >= 0.6 is 0 Å². The second-order valence-electron chi connectivity index (χ2n) is 3.66. The molecule has 0 aromatic heterocycles. The summed E-state index contributed by atoms with van der Waals surface area (Å²) < 4.78 is 5.39. The summed E-state index contributed by atoms with van der Waals surface area (Å²) in [6.45, 7) is 0. The van der Waals surface area contributed by atoms with Gasteiger partial charge in [-0.25, -0.2) is 0 Å². The van der Waals surface area contributed by atoms with Crippen molar-refractivity contribution in [3.63, 3.8) is 0 Å². The van der Waals surface area contributed by atoms with Gasteiger partial charge in [0.2, 0.25) is 0 Å². The summed E-state index contributed by atoms with van der Waals surface area (Å²) in [4.78, 5) is 0. The first-order valence-electron chi connectivity index (χ1n) is 5.01. The smallest absolute Gasteiger partial charge is 0.505 e. The fourth-order valence-electron chi connectivity index (χ4n) is 2.14. The number of fused-ring (bicyclic) bond motifs is 3. The maximum Gasteiger partial charge on any atom is 1.00 e. The SMILES string of the molecule is COc1cccc2[cH-]c3ccccc3c12.[Li+]. The van der Waals surface area contributed by atoms with Crippen molar-refractivity contribution in [3.8, 4) is 5.75 Å². The Labute approximate surface area is 107 Å². The fourth-order valence-corrected chi connectivity index (χ4v) is 2.14. The molecule has 0 amide bonds. The number of methoxy groups -OCH3 is 1. The number of hydrogen-bond acceptors (Lipinski definition) is 1. The molecule has 0 aliphatic rings. The molecule has 0 N–H and O–H groups in total. The van der Waals surface area contributed by atoms with E-state index in [1.165, 1.54) is 21.5 Å². The van der Waals surface area contributed by atoms with Gasteiger partial charge in [-0.15, -0.1) is 34.4 Å². The zero-order valence-corrected chi connectivity index (χ0v) is 9.53. The van der Waals surface area contributed by atoms with Crippen molar-refractivity contribution < 1.29 is 23.6 Å². The molecular formula is C14H11LiO. The first kappa shape index (κ1) is 11.2. The van der Waals surface area contributed by atoms with Crippen molar-refractivity contribution in [2.75, 3.05) is 7.11 Å². The second kappa shape index (κ2) is 4.29. The Morgan fingerprint density at radius 1 is 0.938 bits per heavy atom. The summed E-state index contributed by atoms with van der Waals surface area (Å²) in [5.74, 6) is 0.952. The van der Waals surface area contributed by atoms with E-state index in [1.807, 2.05) is 12.1 Å². The first-order chi connectivity index (χ1) is 7.40. The molecule has 0 aliphatic carbocycles. The van der Waals surface area contributed by atoms with Gasteiger partial charge in [0.25, 0.3) is 0 Å². The third-order valence-electron chi connectivity index (χ3n) is 2.82. The fraction of sp³-hybridized carbons (Fsp3) is 0.0714. The van der Waals surface area contributed by atoms with Crippen LogP contribution in [0.4, 0.5) is 0 Å². The van der Waals surface area contributed by atoms with Gasteiger partial charge >= 0.3 is 18.9 Å². The molecule has 0 bridgehead atoms. The average Bonchev–Trinajstić information content (AvgIpc) is 2.67. The van der Waals surface area contributed by atoms with E-state index in [-0.39, 0.29) is 18.9 Å². The molecular weight excluding hydrogens is 191 g/mol. The van der Waals surface area contributed by atoms with E-state index in [0.29, 0.717) is 0 Å². The second-order valence-corrected chi connectivity index (χ2v) is 3.66. The zero-order valence-electron chi connectivity index (χ0n) is 9.53. The van der Waals surface area contributed by atoms with Crippen LogP contribution < -0.4 is 23.6 Å². The van der Waals surface area contributed by atoms with Gasteiger partial charge in [-0.2, -0.15) is 0 Å². The summed E-state index contributed by atoms with van der Waals surface area (Å²) in [6, 6.07) is 16.8. The van der Waals surface area contributed by atoms with E-state index in [9.17, 15) is 0 Å². The Hall–Kier alpha value is -1.29.